The number of aromatic nitrogens is 1. The minimum atomic E-state index is -3.90. The van der Waals surface area contributed by atoms with E-state index in [1.165, 1.54) is 27.6 Å². The van der Waals surface area contributed by atoms with Gasteiger partial charge in [-0.25, -0.2) is 13.4 Å². The molecule has 5 rings (SSSR count). The van der Waals surface area contributed by atoms with Gasteiger partial charge in [0.05, 0.1) is 10.6 Å². The van der Waals surface area contributed by atoms with Gasteiger partial charge in [0, 0.05) is 49.7 Å². The molecule has 1 N–H and O–H groups in total. The normalized spacial score (nSPS) is 19.1. The lowest BCUT2D eigenvalue weighted by Gasteiger charge is -2.39. The Labute approximate surface area is 225 Å². The number of amides is 2. The average Bonchev–Trinajstić information content (AvgIpc) is 3.34. The Morgan fingerprint density at radius 2 is 1.89 bits per heavy atom. The zero-order valence-electron chi connectivity index (χ0n) is 20.6. The largest absolute Gasteiger partial charge is 0.357 e. The second-order valence-electron chi connectivity index (χ2n) is 9.15. The summed E-state index contributed by atoms with van der Waals surface area (Å²) in [6, 6.07) is 9.15. The molecule has 2 aromatic carbocycles. The minimum Gasteiger partial charge on any atom is -0.357 e. The number of benzene rings is 2. The zero-order valence-corrected chi connectivity index (χ0v) is 23.0. The standard InChI is InChI=1S/C25H28ClN5O4S2/c1-3-29-9-8-22-20(14-29)28-24(36-22)25(33)31-11-10-30(15-21(31)23(32)27-2)37(34,35)19-7-5-16-12-18(26)6-4-17(16)13-19/h4-7,12-13,21H,3,8-11,14-15H2,1-2H3,(H,27,32). The Morgan fingerprint density at radius 1 is 1.14 bits per heavy atom. The molecule has 0 bridgehead atoms. The van der Waals surface area contributed by atoms with E-state index >= 15 is 0 Å². The van der Waals surface area contributed by atoms with E-state index in [0.717, 1.165) is 40.9 Å². The molecule has 196 valence electrons. The molecule has 9 nitrogen and oxygen atoms in total. The van der Waals surface area contributed by atoms with Crippen molar-refractivity contribution in [2.24, 2.45) is 0 Å². The summed E-state index contributed by atoms with van der Waals surface area (Å²) in [7, 11) is -2.42. The number of rotatable bonds is 5. The highest BCUT2D eigenvalue weighted by molar-refractivity contribution is 7.89. The quantitative estimate of drug-likeness (QED) is 0.514. The fourth-order valence-electron chi connectivity index (χ4n) is 4.85. The highest BCUT2D eigenvalue weighted by Crippen LogP contribution is 2.29. The van der Waals surface area contributed by atoms with Crippen LogP contribution in [0.4, 0.5) is 0 Å². The SMILES string of the molecule is CCN1CCc2sc(C(=O)N3CCN(S(=O)(=O)c4ccc5cc(Cl)ccc5c4)CC3C(=O)NC)nc2C1. The first-order valence-corrected chi connectivity index (χ1v) is 14.8. The van der Waals surface area contributed by atoms with Gasteiger partial charge in [0.25, 0.3) is 5.91 Å². The number of nitrogens with one attached hydrogen (secondary N) is 1. The Hall–Kier alpha value is -2.57. The number of halogens is 1. The van der Waals surface area contributed by atoms with Gasteiger partial charge in [0.1, 0.15) is 6.04 Å². The van der Waals surface area contributed by atoms with Crippen molar-refractivity contribution < 1.29 is 18.0 Å². The molecule has 2 aliphatic rings. The third-order valence-corrected chi connectivity index (χ3v) is 10.2. The molecule has 1 unspecified atom stereocenters. The minimum absolute atomic E-state index is 0.0783. The first kappa shape index (κ1) is 26.1. The van der Waals surface area contributed by atoms with E-state index in [2.05, 4.69) is 22.1 Å². The lowest BCUT2D eigenvalue weighted by Crippen LogP contribution is -2.61. The van der Waals surface area contributed by atoms with Gasteiger partial charge in [-0.1, -0.05) is 30.7 Å². The number of thiazole rings is 1. The average molecular weight is 562 g/mol. The first-order chi connectivity index (χ1) is 17.7. The second-order valence-corrected chi connectivity index (χ2v) is 12.6. The summed E-state index contributed by atoms with van der Waals surface area (Å²) in [4.78, 5) is 35.9. The molecule has 3 aromatic rings. The summed E-state index contributed by atoms with van der Waals surface area (Å²) in [5.41, 5.74) is 0.914. The molecule has 1 atom stereocenters. The maximum Gasteiger partial charge on any atom is 0.283 e. The van der Waals surface area contributed by atoms with E-state index < -0.39 is 22.0 Å². The van der Waals surface area contributed by atoms with Crippen LogP contribution < -0.4 is 5.32 Å². The van der Waals surface area contributed by atoms with Crippen molar-refractivity contribution >= 4 is 55.5 Å². The monoisotopic (exact) mass is 561 g/mol. The smallest absolute Gasteiger partial charge is 0.283 e. The van der Waals surface area contributed by atoms with Gasteiger partial charge in [-0.2, -0.15) is 4.31 Å². The summed E-state index contributed by atoms with van der Waals surface area (Å²) in [6.45, 7) is 4.68. The van der Waals surface area contributed by atoms with Crippen LogP contribution in [0.1, 0.15) is 27.3 Å². The summed E-state index contributed by atoms with van der Waals surface area (Å²) in [5.74, 6) is -0.754. The third kappa shape index (κ3) is 4.98. The fourth-order valence-corrected chi connectivity index (χ4v) is 7.52. The van der Waals surface area contributed by atoms with Crippen molar-refractivity contribution in [3.05, 3.63) is 57.0 Å². The molecule has 2 amide bonds. The lowest BCUT2D eigenvalue weighted by molar-refractivity contribution is -0.126. The summed E-state index contributed by atoms with van der Waals surface area (Å²) in [5, 5.41) is 5.08. The van der Waals surface area contributed by atoms with Crippen molar-refractivity contribution in [2.75, 3.05) is 39.8 Å². The van der Waals surface area contributed by atoms with Crippen molar-refractivity contribution in [3.8, 4) is 0 Å². The number of fused-ring (bicyclic) bond motifs is 2. The van der Waals surface area contributed by atoms with E-state index in [-0.39, 0.29) is 30.4 Å². The second kappa shape index (κ2) is 10.3. The number of likely N-dealkylation sites (N-methyl/N-ethyl adjacent to an activating group) is 2. The van der Waals surface area contributed by atoms with Gasteiger partial charge >= 0.3 is 0 Å². The van der Waals surface area contributed by atoms with Crippen LogP contribution in [0.5, 0.6) is 0 Å². The van der Waals surface area contributed by atoms with E-state index in [0.29, 0.717) is 16.6 Å². The first-order valence-electron chi connectivity index (χ1n) is 12.1. The molecule has 1 fully saturated rings. The van der Waals surface area contributed by atoms with Gasteiger partial charge < -0.3 is 10.2 Å². The number of nitrogens with zero attached hydrogens (tertiary/aromatic N) is 4. The number of hydrogen-bond donors (Lipinski definition) is 1. The van der Waals surface area contributed by atoms with Crippen molar-refractivity contribution in [1.82, 2.24) is 24.4 Å². The maximum absolute atomic E-state index is 13.5. The van der Waals surface area contributed by atoms with E-state index in [1.54, 1.807) is 36.4 Å². The number of piperazine rings is 1. The van der Waals surface area contributed by atoms with Gasteiger partial charge in [-0.3, -0.25) is 14.5 Å². The van der Waals surface area contributed by atoms with Crippen LogP contribution in [-0.4, -0.2) is 85.1 Å². The van der Waals surface area contributed by atoms with Crippen LogP contribution in [0.15, 0.2) is 41.3 Å². The van der Waals surface area contributed by atoms with E-state index in [1.807, 2.05) is 0 Å². The Morgan fingerprint density at radius 3 is 2.65 bits per heavy atom. The van der Waals surface area contributed by atoms with Crippen LogP contribution in [-0.2, 0) is 27.8 Å². The van der Waals surface area contributed by atoms with Crippen molar-refractivity contribution in [1.29, 1.82) is 0 Å². The number of sulfonamides is 1. The van der Waals surface area contributed by atoms with Gasteiger partial charge in [0.15, 0.2) is 5.01 Å². The number of carbonyl (C=O) groups excluding carboxylic acids is 2. The molecule has 2 aliphatic heterocycles. The molecule has 0 saturated carbocycles. The highest BCUT2D eigenvalue weighted by atomic mass is 35.5. The Kier molecular flexibility index (Phi) is 7.25. The summed E-state index contributed by atoms with van der Waals surface area (Å²) < 4.78 is 28.4. The predicted octanol–water partition coefficient (Wildman–Crippen LogP) is 2.59. The van der Waals surface area contributed by atoms with Crippen LogP contribution >= 0.6 is 22.9 Å². The predicted molar refractivity (Wildman–Crippen MR) is 143 cm³/mol. The molecule has 3 heterocycles. The fraction of sp³-hybridized carbons (Fsp3) is 0.400. The molecule has 12 heteroatoms. The molecule has 37 heavy (non-hydrogen) atoms. The summed E-state index contributed by atoms with van der Waals surface area (Å²) in [6.07, 6.45) is 0.844. The van der Waals surface area contributed by atoms with Crippen LogP contribution in [0.2, 0.25) is 5.02 Å². The Balaban J connectivity index is 1.39. The lowest BCUT2D eigenvalue weighted by atomic mass is 10.1. The van der Waals surface area contributed by atoms with Crippen LogP contribution in [0, 0.1) is 0 Å². The van der Waals surface area contributed by atoms with Crippen molar-refractivity contribution in [3.63, 3.8) is 0 Å². The summed E-state index contributed by atoms with van der Waals surface area (Å²) >= 11 is 7.43. The molecule has 1 saturated heterocycles. The third-order valence-electron chi connectivity index (χ3n) is 7.00. The van der Waals surface area contributed by atoms with E-state index in [9.17, 15) is 18.0 Å². The van der Waals surface area contributed by atoms with Gasteiger partial charge in [-0.05, 0) is 48.0 Å². The Bertz CT molecular complexity index is 1470. The highest BCUT2D eigenvalue weighted by Gasteiger charge is 2.41. The van der Waals surface area contributed by atoms with Crippen LogP contribution in [0.25, 0.3) is 10.8 Å². The van der Waals surface area contributed by atoms with E-state index in [4.69, 9.17) is 11.6 Å². The van der Waals surface area contributed by atoms with Gasteiger partial charge in [0.2, 0.25) is 15.9 Å². The maximum atomic E-state index is 13.5. The number of carbonyl (C=O) groups is 2. The van der Waals surface area contributed by atoms with Gasteiger partial charge in [-0.15, -0.1) is 11.3 Å². The molecular formula is C25H28ClN5O4S2. The van der Waals surface area contributed by atoms with Crippen molar-refractivity contribution in [2.45, 2.75) is 30.8 Å². The molecule has 0 aliphatic carbocycles. The number of hydrogen-bond acceptors (Lipinski definition) is 7. The topological polar surface area (TPSA) is 103 Å². The molecular weight excluding hydrogens is 534 g/mol. The molecule has 0 spiro atoms. The molecule has 0 radical (unpaired) electrons. The van der Waals surface area contributed by atoms with Crippen LogP contribution in [0.3, 0.4) is 0 Å². The molecule has 1 aromatic heterocycles. The zero-order chi connectivity index (χ0) is 26.3.